The standard InChI is InChI=1S/C21H21ClFN5O5/c1-11(29)33-21(3)13(9-31-17(30)12-7-5-4-6-8-12)32-18(20(21,2)23)28-10-25-14-15(22)26-19(24)27-16(14)28/h4-8,10,13,18H,9H2,1-3H3,(H2,24,26,27)/t13-,18+,20+,21+/m1/s1. The van der Waals surface area contributed by atoms with Crippen LogP contribution in [0.5, 0.6) is 0 Å². The lowest BCUT2D eigenvalue weighted by Gasteiger charge is -2.36. The Morgan fingerprint density at radius 3 is 2.64 bits per heavy atom. The molecule has 0 amide bonds. The van der Waals surface area contributed by atoms with Crippen LogP contribution in [-0.2, 0) is 19.0 Å². The van der Waals surface area contributed by atoms with E-state index in [2.05, 4.69) is 15.0 Å². The van der Waals surface area contributed by atoms with Crippen LogP contribution in [0, 0.1) is 0 Å². The van der Waals surface area contributed by atoms with Gasteiger partial charge < -0.3 is 19.9 Å². The fourth-order valence-electron chi connectivity index (χ4n) is 3.84. The van der Waals surface area contributed by atoms with Crippen molar-refractivity contribution in [3.63, 3.8) is 0 Å². The molecule has 0 radical (unpaired) electrons. The fourth-order valence-corrected chi connectivity index (χ4v) is 4.06. The molecule has 0 spiro atoms. The molecular formula is C21H21ClFN5O5. The molecule has 4 atom stereocenters. The van der Waals surface area contributed by atoms with E-state index in [1.54, 1.807) is 30.3 Å². The summed E-state index contributed by atoms with van der Waals surface area (Å²) in [7, 11) is 0. The van der Waals surface area contributed by atoms with E-state index in [0.717, 1.165) is 6.92 Å². The zero-order valence-electron chi connectivity index (χ0n) is 18.0. The van der Waals surface area contributed by atoms with E-state index in [4.69, 9.17) is 31.5 Å². The average molecular weight is 478 g/mol. The molecule has 174 valence electrons. The Morgan fingerprint density at radius 2 is 1.97 bits per heavy atom. The molecule has 3 aromatic rings. The lowest BCUT2D eigenvalue weighted by atomic mass is 9.84. The summed E-state index contributed by atoms with van der Waals surface area (Å²) in [6, 6.07) is 8.28. The van der Waals surface area contributed by atoms with Crippen LogP contribution in [0.4, 0.5) is 10.3 Å². The summed E-state index contributed by atoms with van der Waals surface area (Å²) in [5, 5.41) is -0.00843. The molecular weight excluding hydrogens is 457 g/mol. The van der Waals surface area contributed by atoms with Crippen LogP contribution in [0.2, 0.25) is 5.15 Å². The number of esters is 2. The van der Waals surface area contributed by atoms with Crippen LogP contribution >= 0.6 is 11.6 Å². The van der Waals surface area contributed by atoms with Crippen molar-refractivity contribution in [2.75, 3.05) is 12.3 Å². The number of fused-ring (bicyclic) bond motifs is 1. The molecule has 10 nitrogen and oxygen atoms in total. The number of imidazole rings is 1. The Bertz CT molecular complexity index is 1220. The van der Waals surface area contributed by atoms with Gasteiger partial charge in [0.2, 0.25) is 5.95 Å². The predicted octanol–water partition coefficient (Wildman–Crippen LogP) is 2.87. The minimum atomic E-state index is -2.30. The molecule has 12 heteroatoms. The quantitative estimate of drug-likeness (QED) is 0.435. The minimum Gasteiger partial charge on any atom is -0.459 e. The third kappa shape index (κ3) is 3.87. The largest absolute Gasteiger partial charge is 0.459 e. The second kappa shape index (κ2) is 8.23. The molecule has 1 saturated heterocycles. The fraction of sp³-hybridized carbons (Fsp3) is 0.381. The zero-order valence-corrected chi connectivity index (χ0v) is 18.7. The number of aromatic nitrogens is 4. The van der Waals surface area contributed by atoms with E-state index in [1.165, 1.54) is 24.7 Å². The second-order valence-electron chi connectivity index (χ2n) is 7.91. The molecule has 1 fully saturated rings. The number of carbonyl (C=O) groups is 2. The summed E-state index contributed by atoms with van der Waals surface area (Å²) in [5.74, 6) is -1.49. The van der Waals surface area contributed by atoms with E-state index in [9.17, 15) is 9.59 Å². The van der Waals surface area contributed by atoms with Crippen LogP contribution in [0.25, 0.3) is 11.2 Å². The maximum Gasteiger partial charge on any atom is 0.338 e. The van der Waals surface area contributed by atoms with Crippen molar-refractivity contribution < 1.29 is 28.2 Å². The number of hydrogen-bond acceptors (Lipinski definition) is 9. The number of ether oxygens (including phenoxy) is 3. The highest BCUT2D eigenvalue weighted by atomic mass is 35.5. The summed E-state index contributed by atoms with van der Waals surface area (Å²) < 4.78 is 34.4. The Kier molecular flexibility index (Phi) is 5.71. The van der Waals surface area contributed by atoms with Crippen molar-refractivity contribution in [1.29, 1.82) is 0 Å². The number of nitrogens with two attached hydrogens (primary N) is 1. The van der Waals surface area contributed by atoms with Gasteiger partial charge in [-0.3, -0.25) is 9.36 Å². The maximum atomic E-state index is 16.4. The topological polar surface area (TPSA) is 131 Å². The Balaban J connectivity index is 1.69. The number of nitrogen functional groups attached to an aromatic ring is 1. The molecule has 0 aliphatic carbocycles. The van der Waals surface area contributed by atoms with Crippen molar-refractivity contribution in [1.82, 2.24) is 19.5 Å². The van der Waals surface area contributed by atoms with E-state index in [0.29, 0.717) is 5.56 Å². The van der Waals surface area contributed by atoms with E-state index in [-0.39, 0.29) is 28.9 Å². The van der Waals surface area contributed by atoms with Gasteiger partial charge in [-0.05, 0) is 26.0 Å². The van der Waals surface area contributed by atoms with E-state index in [1.807, 2.05) is 0 Å². The molecule has 2 aromatic heterocycles. The smallest absolute Gasteiger partial charge is 0.338 e. The number of rotatable bonds is 5. The third-order valence-corrected chi connectivity index (χ3v) is 5.99. The van der Waals surface area contributed by atoms with Crippen molar-refractivity contribution >= 4 is 40.7 Å². The highest BCUT2D eigenvalue weighted by Gasteiger charge is 2.66. The highest BCUT2D eigenvalue weighted by Crippen LogP contribution is 2.51. The second-order valence-corrected chi connectivity index (χ2v) is 8.27. The molecule has 2 N–H and O–H groups in total. The molecule has 1 aliphatic rings. The molecule has 1 aliphatic heterocycles. The summed E-state index contributed by atoms with van der Waals surface area (Å²) in [6.07, 6.45) is -1.24. The number of benzene rings is 1. The molecule has 0 bridgehead atoms. The van der Waals surface area contributed by atoms with Crippen molar-refractivity contribution in [2.45, 2.75) is 44.4 Å². The lowest BCUT2D eigenvalue weighted by molar-refractivity contribution is -0.175. The van der Waals surface area contributed by atoms with Crippen molar-refractivity contribution in [2.24, 2.45) is 0 Å². The first kappa shape index (κ1) is 22.9. The number of hydrogen-bond donors (Lipinski definition) is 1. The Morgan fingerprint density at radius 1 is 1.27 bits per heavy atom. The van der Waals surface area contributed by atoms with Gasteiger partial charge in [0.25, 0.3) is 0 Å². The van der Waals surface area contributed by atoms with Crippen molar-refractivity contribution in [3.05, 3.63) is 47.4 Å². The predicted molar refractivity (Wildman–Crippen MR) is 115 cm³/mol. The average Bonchev–Trinajstić information content (AvgIpc) is 3.24. The Labute approximate surface area is 192 Å². The number of carbonyl (C=O) groups excluding carboxylic acids is 2. The number of halogens is 2. The first-order chi connectivity index (χ1) is 15.5. The number of nitrogens with zero attached hydrogens (tertiary/aromatic N) is 4. The molecule has 0 saturated carbocycles. The van der Waals surface area contributed by atoms with Crippen LogP contribution in [0.3, 0.4) is 0 Å². The van der Waals surface area contributed by atoms with Crippen LogP contribution < -0.4 is 5.73 Å². The van der Waals surface area contributed by atoms with Gasteiger partial charge in [-0.1, -0.05) is 29.8 Å². The van der Waals surface area contributed by atoms with Gasteiger partial charge >= 0.3 is 11.9 Å². The van der Waals surface area contributed by atoms with Gasteiger partial charge in [-0.2, -0.15) is 9.97 Å². The van der Waals surface area contributed by atoms with E-state index >= 15 is 4.39 Å². The molecule has 4 rings (SSSR count). The summed E-state index contributed by atoms with van der Waals surface area (Å²) >= 11 is 6.08. The first-order valence-corrected chi connectivity index (χ1v) is 10.3. The van der Waals surface area contributed by atoms with Gasteiger partial charge in [0.15, 0.2) is 28.3 Å². The number of anilines is 1. The SMILES string of the molecule is CC(=O)O[C@@]1(C)[C@@H](COC(=O)c2ccccc2)O[C@H](n2cnc3c(Cl)nc(N)nc32)[C@]1(C)F. The van der Waals surface area contributed by atoms with Gasteiger partial charge in [0, 0.05) is 6.92 Å². The zero-order chi connectivity index (χ0) is 24.0. The van der Waals surface area contributed by atoms with Gasteiger partial charge in [-0.15, -0.1) is 0 Å². The highest BCUT2D eigenvalue weighted by molar-refractivity contribution is 6.33. The van der Waals surface area contributed by atoms with E-state index < -0.39 is 35.5 Å². The third-order valence-electron chi connectivity index (χ3n) is 5.72. The van der Waals surface area contributed by atoms with Crippen LogP contribution in [-0.4, -0.2) is 55.4 Å². The molecule has 0 unspecified atom stereocenters. The van der Waals surface area contributed by atoms with Gasteiger partial charge in [-0.25, -0.2) is 14.2 Å². The summed E-state index contributed by atoms with van der Waals surface area (Å²) in [4.78, 5) is 36.3. The molecule has 1 aromatic carbocycles. The molecule has 33 heavy (non-hydrogen) atoms. The minimum absolute atomic E-state index is 0.00843. The van der Waals surface area contributed by atoms with Crippen LogP contribution in [0.15, 0.2) is 36.7 Å². The van der Waals surface area contributed by atoms with Gasteiger partial charge in [0.05, 0.1) is 11.9 Å². The summed E-state index contributed by atoms with van der Waals surface area (Å²) in [5.41, 5.74) is 2.21. The van der Waals surface area contributed by atoms with Crippen molar-refractivity contribution in [3.8, 4) is 0 Å². The van der Waals surface area contributed by atoms with Crippen LogP contribution in [0.1, 0.15) is 37.4 Å². The Hall–Kier alpha value is -3.31. The maximum absolute atomic E-state index is 16.4. The normalized spacial score (nSPS) is 26.9. The van der Waals surface area contributed by atoms with Gasteiger partial charge in [0.1, 0.15) is 18.2 Å². The summed E-state index contributed by atoms with van der Waals surface area (Å²) in [6.45, 7) is 3.38. The monoisotopic (exact) mass is 477 g/mol. The molecule has 3 heterocycles. The number of alkyl halides is 1. The lowest BCUT2D eigenvalue weighted by Crippen LogP contribution is -2.55. The first-order valence-electron chi connectivity index (χ1n) is 9.96.